The molecule has 0 amide bonds. The zero-order valence-corrected chi connectivity index (χ0v) is 15.1. The minimum Gasteiger partial charge on any atom is -0.486 e. The molecule has 0 atom stereocenters. The Hall–Kier alpha value is -2.06. The molecule has 138 valence electrons. The van der Waals surface area contributed by atoms with E-state index in [0.29, 0.717) is 43.6 Å². The summed E-state index contributed by atoms with van der Waals surface area (Å²) in [6.07, 6.45) is 3.98. The fourth-order valence-electron chi connectivity index (χ4n) is 3.56. The van der Waals surface area contributed by atoms with Crippen molar-refractivity contribution in [1.82, 2.24) is 9.29 Å². The van der Waals surface area contributed by atoms with Gasteiger partial charge in [-0.1, -0.05) is 6.42 Å². The van der Waals surface area contributed by atoms with E-state index in [1.54, 1.807) is 18.2 Å². The number of fused-ring (bicyclic) bond motifs is 2. The van der Waals surface area contributed by atoms with Gasteiger partial charge in [0.25, 0.3) is 0 Å². The van der Waals surface area contributed by atoms with Crippen LogP contribution in [0.4, 0.5) is 0 Å². The molecule has 1 aliphatic carbocycles. The molecule has 8 heteroatoms. The highest BCUT2D eigenvalue weighted by Crippen LogP contribution is 2.38. The quantitative estimate of drug-likeness (QED) is 0.818. The summed E-state index contributed by atoms with van der Waals surface area (Å²) in [5.41, 5.74) is 0.749. The topological polar surface area (TPSA) is 81.9 Å². The number of rotatable bonds is 3. The zero-order chi connectivity index (χ0) is 17.7. The maximum atomic E-state index is 13.1. The number of sulfonamides is 1. The molecule has 3 heterocycles. The molecular weight excluding hydrogens is 356 g/mol. The van der Waals surface area contributed by atoms with Crippen LogP contribution in [0.3, 0.4) is 0 Å². The normalized spacial score (nSPS) is 20.5. The molecule has 5 rings (SSSR count). The Labute approximate surface area is 152 Å². The lowest BCUT2D eigenvalue weighted by Crippen LogP contribution is -2.35. The monoisotopic (exact) mass is 376 g/mol. The Kier molecular flexibility index (Phi) is 3.72. The van der Waals surface area contributed by atoms with Crippen molar-refractivity contribution in [3.05, 3.63) is 35.5 Å². The van der Waals surface area contributed by atoms with Crippen molar-refractivity contribution >= 4 is 10.0 Å². The predicted octanol–water partition coefficient (Wildman–Crippen LogP) is 2.46. The number of oxazole rings is 1. The molecule has 7 nitrogen and oxygen atoms in total. The van der Waals surface area contributed by atoms with E-state index < -0.39 is 10.0 Å². The Morgan fingerprint density at radius 2 is 1.92 bits per heavy atom. The first-order chi connectivity index (χ1) is 12.6. The van der Waals surface area contributed by atoms with Crippen LogP contribution in [0.25, 0.3) is 0 Å². The van der Waals surface area contributed by atoms with E-state index in [2.05, 4.69) is 4.98 Å². The standard InChI is InChI=1S/C18H20N2O5S/c21-26(22,13-4-5-16-17(10-13)24-9-8-23-16)20-7-6-15-14(11-20)19-18(25-15)12-2-1-3-12/h4-5,10,12H,1-3,6-9,11H2. The summed E-state index contributed by atoms with van der Waals surface area (Å²) >= 11 is 0. The van der Waals surface area contributed by atoms with Crippen molar-refractivity contribution in [3.63, 3.8) is 0 Å². The third-order valence-corrected chi connectivity index (χ3v) is 7.16. The summed E-state index contributed by atoms with van der Waals surface area (Å²) in [6, 6.07) is 4.77. The number of hydrogen-bond donors (Lipinski definition) is 0. The van der Waals surface area contributed by atoms with Crippen molar-refractivity contribution in [2.75, 3.05) is 19.8 Å². The van der Waals surface area contributed by atoms with E-state index in [9.17, 15) is 8.42 Å². The maximum absolute atomic E-state index is 13.1. The number of benzene rings is 1. The third kappa shape index (κ3) is 2.59. The van der Waals surface area contributed by atoms with Crippen LogP contribution in [-0.4, -0.2) is 37.5 Å². The minimum atomic E-state index is -3.62. The lowest BCUT2D eigenvalue weighted by molar-refractivity contribution is 0.171. The molecule has 1 saturated carbocycles. The van der Waals surface area contributed by atoms with Crippen LogP contribution >= 0.6 is 0 Å². The first-order valence-electron chi connectivity index (χ1n) is 8.99. The van der Waals surface area contributed by atoms with Gasteiger partial charge in [0.15, 0.2) is 17.4 Å². The molecule has 1 aromatic heterocycles. The van der Waals surface area contributed by atoms with E-state index in [4.69, 9.17) is 13.9 Å². The van der Waals surface area contributed by atoms with Gasteiger partial charge in [-0.05, 0) is 25.0 Å². The Bertz CT molecular complexity index is 948. The largest absolute Gasteiger partial charge is 0.486 e. The lowest BCUT2D eigenvalue weighted by atomic mass is 9.85. The van der Waals surface area contributed by atoms with Gasteiger partial charge < -0.3 is 13.9 Å². The number of ether oxygens (including phenoxy) is 2. The van der Waals surface area contributed by atoms with Gasteiger partial charge >= 0.3 is 0 Å². The second-order valence-electron chi connectivity index (χ2n) is 6.94. The third-order valence-electron chi connectivity index (χ3n) is 5.32. The summed E-state index contributed by atoms with van der Waals surface area (Å²) in [5, 5.41) is 0. The maximum Gasteiger partial charge on any atom is 0.243 e. The molecule has 2 aromatic rings. The molecular formula is C18H20N2O5S. The number of nitrogens with zero attached hydrogens (tertiary/aromatic N) is 2. The summed E-state index contributed by atoms with van der Waals surface area (Å²) < 4.78 is 44.5. The molecule has 0 bridgehead atoms. The van der Waals surface area contributed by atoms with E-state index >= 15 is 0 Å². The average molecular weight is 376 g/mol. The zero-order valence-electron chi connectivity index (χ0n) is 14.3. The molecule has 3 aliphatic rings. The Morgan fingerprint density at radius 3 is 2.69 bits per heavy atom. The van der Waals surface area contributed by atoms with Crippen LogP contribution < -0.4 is 9.47 Å². The molecule has 26 heavy (non-hydrogen) atoms. The van der Waals surface area contributed by atoms with Gasteiger partial charge in [0.2, 0.25) is 10.0 Å². The van der Waals surface area contributed by atoms with Gasteiger partial charge in [-0.15, -0.1) is 0 Å². The van der Waals surface area contributed by atoms with Gasteiger partial charge in [-0.2, -0.15) is 4.31 Å². The highest BCUT2D eigenvalue weighted by molar-refractivity contribution is 7.89. The van der Waals surface area contributed by atoms with E-state index in [1.165, 1.54) is 10.7 Å². The van der Waals surface area contributed by atoms with Crippen LogP contribution in [0.5, 0.6) is 11.5 Å². The van der Waals surface area contributed by atoms with Crippen molar-refractivity contribution in [3.8, 4) is 11.5 Å². The highest BCUT2D eigenvalue weighted by atomic mass is 32.2. The molecule has 1 aromatic carbocycles. The van der Waals surface area contributed by atoms with Gasteiger partial charge in [0, 0.05) is 24.9 Å². The van der Waals surface area contributed by atoms with Crippen LogP contribution in [-0.2, 0) is 23.0 Å². The second-order valence-corrected chi connectivity index (χ2v) is 8.88. The van der Waals surface area contributed by atoms with E-state index in [-0.39, 0.29) is 11.4 Å². The predicted molar refractivity (Wildman–Crippen MR) is 91.8 cm³/mol. The lowest BCUT2D eigenvalue weighted by Gasteiger charge is -2.25. The Morgan fingerprint density at radius 1 is 1.12 bits per heavy atom. The van der Waals surface area contributed by atoms with Crippen LogP contribution in [0.1, 0.15) is 42.5 Å². The molecule has 2 aliphatic heterocycles. The van der Waals surface area contributed by atoms with Crippen molar-refractivity contribution in [2.24, 2.45) is 0 Å². The first kappa shape index (κ1) is 16.1. The summed E-state index contributed by atoms with van der Waals surface area (Å²) in [7, 11) is -3.62. The van der Waals surface area contributed by atoms with Gasteiger partial charge in [0.05, 0.1) is 17.1 Å². The average Bonchev–Trinajstić information content (AvgIpc) is 3.02. The number of aromatic nitrogens is 1. The van der Waals surface area contributed by atoms with Gasteiger partial charge in [-0.3, -0.25) is 0 Å². The summed E-state index contributed by atoms with van der Waals surface area (Å²) in [5.74, 6) is 3.07. The minimum absolute atomic E-state index is 0.216. The smallest absolute Gasteiger partial charge is 0.243 e. The molecule has 0 saturated heterocycles. The molecule has 1 fully saturated rings. The fourth-order valence-corrected chi connectivity index (χ4v) is 4.98. The van der Waals surface area contributed by atoms with Crippen molar-refractivity contribution in [2.45, 2.75) is 43.0 Å². The summed E-state index contributed by atoms with van der Waals surface area (Å²) in [4.78, 5) is 4.80. The molecule has 0 N–H and O–H groups in total. The summed E-state index contributed by atoms with van der Waals surface area (Å²) in [6.45, 7) is 1.54. The van der Waals surface area contributed by atoms with Gasteiger partial charge in [-0.25, -0.2) is 13.4 Å². The van der Waals surface area contributed by atoms with Crippen LogP contribution in [0.2, 0.25) is 0 Å². The fraction of sp³-hybridized carbons (Fsp3) is 0.500. The van der Waals surface area contributed by atoms with E-state index in [1.807, 2.05) is 0 Å². The van der Waals surface area contributed by atoms with E-state index in [0.717, 1.165) is 30.2 Å². The Balaban J connectivity index is 1.41. The van der Waals surface area contributed by atoms with Crippen molar-refractivity contribution < 1.29 is 22.3 Å². The SMILES string of the molecule is O=S(=O)(c1ccc2c(c1)OCCO2)N1CCc2oc(C3CCC3)nc2C1. The second kappa shape index (κ2) is 5.99. The number of hydrogen-bond acceptors (Lipinski definition) is 6. The first-order valence-corrected chi connectivity index (χ1v) is 10.4. The van der Waals surface area contributed by atoms with Crippen LogP contribution in [0.15, 0.2) is 27.5 Å². The van der Waals surface area contributed by atoms with Gasteiger partial charge in [0.1, 0.15) is 19.0 Å². The molecule has 0 spiro atoms. The van der Waals surface area contributed by atoms with Crippen LogP contribution in [0, 0.1) is 0 Å². The molecule has 0 unspecified atom stereocenters. The molecule has 0 radical (unpaired) electrons. The van der Waals surface area contributed by atoms with Crippen molar-refractivity contribution in [1.29, 1.82) is 0 Å². The highest BCUT2D eigenvalue weighted by Gasteiger charge is 2.34.